The van der Waals surface area contributed by atoms with E-state index in [1.807, 2.05) is 0 Å². The van der Waals surface area contributed by atoms with Crippen molar-refractivity contribution in [3.8, 4) is 0 Å². The number of halogens is 2. The summed E-state index contributed by atoms with van der Waals surface area (Å²) < 4.78 is 0. The number of amides is 2. The molecule has 0 saturated carbocycles. The van der Waals surface area contributed by atoms with E-state index in [1.54, 1.807) is 18.2 Å². The third-order valence-electron chi connectivity index (χ3n) is 2.01. The molecule has 2 rings (SSSR count). The number of rotatable bonds is 1. The van der Waals surface area contributed by atoms with Crippen LogP contribution in [0.25, 0.3) is 0 Å². The van der Waals surface area contributed by atoms with Crippen LogP contribution in [0.2, 0.25) is 10.0 Å². The van der Waals surface area contributed by atoms with Crippen LogP contribution in [0, 0.1) is 0 Å². The highest BCUT2D eigenvalue weighted by molar-refractivity contribution is 8.14. The molecule has 0 fully saturated rings. The van der Waals surface area contributed by atoms with Gasteiger partial charge in [0.25, 0.3) is 0 Å². The molecule has 0 aliphatic carbocycles. The van der Waals surface area contributed by atoms with E-state index in [-0.39, 0.29) is 6.03 Å². The molecule has 0 aromatic heterocycles. The summed E-state index contributed by atoms with van der Waals surface area (Å²) in [5, 5.41) is 6.60. The summed E-state index contributed by atoms with van der Waals surface area (Å²) in [5.41, 5.74) is 0.472. The van der Waals surface area contributed by atoms with E-state index in [0.29, 0.717) is 20.9 Å². The van der Waals surface area contributed by atoms with Crippen molar-refractivity contribution < 1.29 is 4.79 Å². The predicted molar refractivity (Wildman–Crippen MR) is 73.4 cm³/mol. The fourth-order valence-corrected chi connectivity index (χ4v) is 2.33. The molecule has 0 unspecified atom stereocenters. The number of nitrogens with zero attached hydrogens (tertiary/aromatic N) is 1. The molecule has 2 N–H and O–H groups in total. The highest BCUT2D eigenvalue weighted by Crippen LogP contribution is 2.29. The van der Waals surface area contributed by atoms with E-state index in [4.69, 9.17) is 23.2 Å². The SMILES string of the molecule is O=C(NC1=NCCS1)Nc1cccc(Cl)c1Cl. The van der Waals surface area contributed by atoms with Crippen molar-refractivity contribution in [2.75, 3.05) is 17.6 Å². The van der Waals surface area contributed by atoms with Crippen molar-refractivity contribution >= 4 is 51.8 Å². The number of benzene rings is 1. The lowest BCUT2D eigenvalue weighted by Crippen LogP contribution is -2.32. The van der Waals surface area contributed by atoms with Crippen LogP contribution >= 0.6 is 35.0 Å². The van der Waals surface area contributed by atoms with Gasteiger partial charge in [0, 0.05) is 5.75 Å². The summed E-state index contributed by atoms with van der Waals surface area (Å²) in [7, 11) is 0. The number of hydrogen-bond acceptors (Lipinski definition) is 3. The van der Waals surface area contributed by atoms with E-state index >= 15 is 0 Å². The van der Waals surface area contributed by atoms with Gasteiger partial charge in [-0.3, -0.25) is 10.3 Å². The average Bonchev–Trinajstić information content (AvgIpc) is 2.77. The zero-order valence-electron chi connectivity index (χ0n) is 8.67. The smallest absolute Gasteiger partial charge is 0.306 e. The lowest BCUT2D eigenvalue weighted by molar-refractivity contribution is 0.256. The monoisotopic (exact) mass is 289 g/mol. The van der Waals surface area contributed by atoms with Crippen LogP contribution in [0.1, 0.15) is 0 Å². The van der Waals surface area contributed by atoms with Gasteiger partial charge in [-0.05, 0) is 12.1 Å². The van der Waals surface area contributed by atoms with E-state index in [1.165, 1.54) is 11.8 Å². The van der Waals surface area contributed by atoms with Crippen LogP contribution in [-0.2, 0) is 0 Å². The van der Waals surface area contributed by atoms with Gasteiger partial charge in [-0.15, -0.1) is 0 Å². The van der Waals surface area contributed by atoms with Gasteiger partial charge in [0.2, 0.25) is 0 Å². The summed E-state index contributed by atoms with van der Waals surface area (Å²) in [6, 6.07) is 4.68. The quantitative estimate of drug-likeness (QED) is 0.834. The summed E-state index contributed by atoms with van der Waals surface area (Å²) in [6.45, 7) is 0.734. The summed E-state index contributed by atoms with van der Waals surface area (Å²) in [5.74, 6) is 0.896. The van der Waals surface area contributed by atoms with E-state index < -0.39 is 0 Å². The Morgan fingerprint density at radius 1 is 1.35 bits per heavy atom. The molecule has 0 atom stereocenters. The molecule has 2 amide bonds. The molecule has 0 radical (unpaired) electrons. The van der Waals surface area contributed by atoms with Crippen LogP contribution in [0.15, 0.2) is 23.2 Å². The van der Waals surface area contributed by atoms with Crippen LogP contribution in [0.5, 0.6) is 0 Å². The third-order valence-corrected chi connectivity index (χ3v) is 3.72. The molecule has 4 nitrogen and oxygen atoms in total. The molecule has 0 bridgehead atoms. The number of carbonyl (C=O) groups excluding carboxylic acids is 1. The lowest BCUT2D eigenvalue weighted by atomic mass is 10.3. The largest absolute Gasteiger partial charge is 0.325 e. The Kier molecular flexibility index (Phi) is 4.15. The molecule has 1 aliphatic heterocycles. The second-order valence-electron chi connectivity index (χ2n) is 3.22. The minimum absolute atomic E-state index is 0.324. The molecule has 1 aliphatic rings. The number of urea groups is 1. The van der Waals surface area contributed by atoms with Crippen molar-refractivity contribution in [2.24, 2.45) is 4.99 Å². The Morgan fingerprint density at radius 3 is 2.88 bits per heavy atom. The standard InChI is InChI=1S/C10H9Cl2N3OS/c11-6-2-1-3-7(8(6)12)14-9(16)15-10-13-4-5-17-10/h1-3H,4-5H2,(H2,13,14,15,16). The number of nitrogens with one attached hydrogen (secondary N) is 2. The zero-order chi connectivity index (χ0) is 12.3. The number of hydrogen-bond donors (Lipinski definition) is 2. The highest BCUT2D eigenvalue weighted by Gasteiger charge is 2.12. The average molecular weight is 290 g/mol. The predicted octanol–water partition coefficient (Wildman–Crippen LogP) is 3.22. The van der Waals surface area contributed by atoms with Crippen molar-refractivity contribution in [1.82, 2.24) is 5.32 Å². The van der Waals surface area contributed by atoms with E-state index in [0.717, 1.165) is 12.3 Å². The molecule has 7 heteroatoms. The van der Waals surface area contributed by atoms with Crippen molar-refractivity contribution in [2.45, 2.75) is 0 Å². The van der Waals surface area contributed by atoms with Crippen molar-refractivity contribution in [3.05, 3.63) is 28.2 Å². The number of aliphatic imine (C=N–C) groups is 1. The van der Waals surface area contributed by atoms with Gasteiger partial charge in [-0.2, -0.15) is 0 Å². The first-order chi connectivity index (χ1) is 8.16. The molecular formula is C10H9Cl2N3OS. The van der Waals surface area contributed by atoms with Crippen LogP contribution in [0.4, 0.5) is 10.5 Å². The Labute approximate surface area is 113 Å². The molecular weight excluding hydrogens is 281 g/mol. The Morgan fingerprint density at radius 2 is 2.18 bits per heavy atom. The third kappa shape index (κ3) is 3.28. The topological polar surface area (TPSA) is 53.5 Å². The first kappa shape index (κ1) is 12.5. The summed E-state index contributed by atoms with van der Waals surface area (Å²) in [4.78, 5) is 15.7. The zero-order valence-corrected chi connectivity index (χ0v) is 11.0. The highest BCUT2D eigenvalue weighted by atomic mass is 35.5. The van der Waals surface area contributed by atoms with Crippen molar-refractivity contribution in [3.63, 3.8) is 0 Å². The van der Waals surface area contributed by atoms with Gasteiger partial charge in [0.15, 0.2) is 5.17 Å². The van der Waals surface area contributed by atoms with Crippen LogP contribution < -0.4 is 10.6 Å². The summed E-state index contributed by atoms with van der Waals surface area (Å²) >= 11 is 13.3. The second kappa shape index (κ2) is 5.62. The fourth-order valence-electron chi connectivity index (χ4n) is 1.26. The van der Waals surface area contributed by atoms with Gasteiger partial charge in [0.1, 0.15) is 0 Å². The molecule has 1 aromatic carbocycles. The minimum atomic E-state index is -0.373. The maximum atomic E-state index is 11.6. The van der Waals surface area contributed by atoms with Gasteiger partial charge in [-0.25, -0.2) is 4.79 Å². The Bertz CT molecular complexity index is 479. The van der Waals surface area contributed by atoms with Gasteiger partial charge in [-0.1, -0.05) is 41.0 Å². The molecule has 1 heterocycles. The minimum Gasteiger partial charge on any atom is -0.306 e. The van der Waals surface area contributed by atoms with Crippen LogP contribution in [-0.4, -0.2) is 23.5 Å². The molecule has 90 valence electrons. The molecule has 1 aromatic rings. The number of anilines is 1. The summed E-state index contributed by atoms with van der Waals surface area (Å²) in [6.07, 6.45) is 0. The van der Waals surface area contributed by atoms with Crippen molar-refractivity contribution in [1.29, 1.82) is 0 Å². The number of carbonyl (C=O) groups is 1. The van der Waals surface area contributed by atoms with Gasteiger partial charge < -0.3 is 5.32 Å². The lowest BCUT2D eigenvalue weighted by Gasteiger charge is -2.08. The van der Waals surface area contributed by atoms with Crippen LogP contribution in [0.3, 0.4) is 0 Å². The number of thioether (sulfide) groups is 1. The normalized spacial score (nSPS) is 14.4. The van der Waals surface area contributed by atoms with Gasteiger partial charge in [0.05, 0.1) is 22.3 Å². The first-order valence-corrected chi connectivity index (χ1v) is 6.60. The first-order valence-electron chi connectivity index (χ1n) is 4.86. The van der Waals surface area contributed by atoms with E-state index in [2.05, 4.69) is 15.6 Å². The molecule has 17 heavy (non-hydrogen) atoms. The van der Waals surface area contributed by atoms with Gasteiger partial charge >= 0.3 is 6.03 Å². The van der Waals surface area contributed by atoms with E-state index in [9.17, 15) is 4.79 Å². The number of amidine groups is 1. The Balaban J connectivity index is 2.00. The maximum Gasteiger partial charge on any atom is 0.325 e. The second-order valence-corrected chi connectivity index (χ2v) is 5.08. The maximum absolute atomic E-state index is 11.6. The molecule has 0 spiro atoms. The Hall–Kier alpha value is -0.910. The molecule has 0 saturated heterocycles. The fraction of sp³-hybridized carbons (Fsp3) is 0.200.